The van der Waals surface area contributed by atoms with E-state index >= 15 is 0 Å². The van der Waals surface area contributed by atoms with Crippen molar-refractivity contribution < 1.29 is 9.53 Å². The Hall–Kier alpha value is -2.16. The van der Waals surface area contributed by atoms with Crippen molar-refractivity contribution in [3.8, 4) is 0 Å². The van der Waals surface area contributed by atoms with Crippen LogP contribution in [0.2, 0.25) is 0 Å². The molecule has 1 fully saturated rings. The van der Waals surface area contributed by atoms with Crippen LogP contribution in [0.1, 0.15) is 34.6 Å². The van der Waals surface area contributed by atoms with E-state index in [0.29, 0.717) is 5.75 Å². The Morgan fingerprint density at radius 2 is 2.17 bits per heavy atom. The van der Waals surface area contributed by atoms with Gasteiger partial charge in [-0.3, -0.25) is 9.20 Å². The first-order valence-electron chi connectivity index (χ1n) is 9.79. The minimum Gasteiger partial charge on any atom is -0.376 e. The number of hydrogen-bond acceptors (Lipinski definition) is 6. The second kappa shape index (κ2) is 7.59. The van der Waals surface area contributed by atoms with Gasteiger partial charge in [-0.15, -0.1) is 10.2 Å². The Balaban J connectivity index is 1.35. The number of fused-ring (bicyclic) bond motifs is 3. The van der Waals surface area contributed by atoms with Crippen LogP contribution in [-0.2, 0) is 11.3 Å². The van der Waals surface area contributed by atoms with Gasteiger partial charge in [0.15, 0.2) is 10.9 Å². The molecule has 1 aliphatic heterocycles. The molecule has 1 aromatic carbocycles. The number of carbonyl (C=O) groups is 1. The molecule has 8 heteroatoms. The van der Waals surface area contributed by atoms with Crippen molar-refractivity contribution in [1.82, 2.24) is 19.2 Å². The zero-order chi connectivity index (χ0) is 20.0. The van der Waals surface area contributed by atoms with Gasteiger partial charge in [-0.25, -0.2) is 0 Å². The number of thioether (sulfide) groups is 1. The third kappa shape index (κ3) is 3.39. The Labute approximate surface area is 176 Å². The van der Waals surface area contributed by atoms with Gasteiger partial charge in [0.05, 0.1) is 22.1 Å². The smallest absolute Gasteiger partial charge is 0.217 e. The van der Waals surface area contributed by atoms with Crippen LogP contribution in [0.4, 0.5) is 0 Å². The molecule has 6 nitrogen and oxygen atoms in total. The second-order valence-corrected chi connectivity index (χ2v) is 9.36. The maximum atomic E-state index is 13.0. The second-order valence-electron chi connectivity index (χ2n) is 7.41. The maximum absolute atomic E-state index is 13.0. The predicted molar refractivity (Wildman–Crippen MR) is 116 cm³/mol. The molecule has 0 amide bonds. The van der Waals surface area contributed by atoms with Gasteiger partial charge < -0.3 is 9.30 Å². The summed E-state index contributed by atoms with van der Waals surface area (Å²) in [5.74, 6) is 0.466. The lowest BCUT2D eigenvalue weighted by Gasteiger charge is -2.14. The number of Topliss-reactive ketones (excluding diaryl/α,β-unsaturated/α-hetero) is 1. The van der Waals surface area contributed by atoms with E-state index in [0.717, 1.165) is 58.6 Å². The highest BCUT2D eigenvalue weighted by atomic mass is 32.2. The molecular weight excluding hydrogens is 404 g/mol. The lowest BCUT2D eigenvalue weighted by molar-refractivity contribution is 0.0957. The molecular formula is C21H22N4O2S2. The summed E-state index contributed by atoms with van der Waals surface area (Å²) in [4.78, 5) is 13.8. The van der Waals surface area contributed by atoms with E-state index in [4.69, 9.17) is 4.74 Å². The fraction of sp³-hybridized carbons (Fsp3) is 0.381. The van der Waals surface area contributed by atoms with E-state index in [-0.39, 0.29) is 11.9 Å². The summed E-state index contributed by atoms with van der Waals surface area (Å²) in [5, 5.41) is 9.34. The van der Waals surface area contributed by atoms with E-state index in [2.05, 4.69) is 33.8 Å². The number of hydrogen-bond donors (Lipinski definition) is 0. The molecule has 1 aliphatic rings. The Morgan fingerprint density at radius 1 is 1.31 bits per heavy atom. The minimum absolute atomic E-state index is 0.123. The Bertz CT molecular complexity index is 1200. The van der Waals surface area contributed by atoms with E-state index in [1.54, 1.807) is 11.3 Å². The number of nitrogens with zero attached hydrogens (tertiary/aromatic N) is 4. The van der Waals surface area contributed by atoms with Crippen LogP contribution in [0.25, 0.3) is 15.2 Å². The van der Waals surface area contributed by atoms with Gasteiger partial charge in [-0.05, 0) is 44.9 Å². The standard InChI is InChI=1S/C21H22N4O2S2/c1-13-10-16(14(2)24(13)11-15-6-5-9-27-15)18(26)12-28-20-22-23-21-25(20)17-7-3-4-8-19(17)29-21/h3-4,7-8,10,15H,5-6,9,11-12H2,1-2H3/t15-/m1/s1. The molecule has 0 saturated carbocycles. The van der Waals surface area contributed by atoms with Crippen molar-refractivity contribution in [2.75, 3.05) is 12.4 Å². The van der Waals surface area contributed by atoms with Crippen LogP contribution < -0.4 is 0 Å². The molecule has 0 N–H and O–H groups in total. The van der Waals surface area contributed by atoms with Crippen LogP contribution in [0, 0.1) is 13.8 Å². The number of para-hydroxylation sites is 1. The van der Waals surface area contributed by atoms with Crippen LogP contribution in [-0.4, -0.2) is 43.4 Å². The highest BCUT2D eigenvalue weighted by molar-refractivity contribution is 7.99. The van der Waals surface area contributed by atoms with Crippen molar-refractivity contribution in [1.29, 1.82) is 0 Å². The summed E-state index contributed by atoms with van der Waals surface area (Å²) in [6, 6.07) is 10.2. The molecule has 0 unspecified atom stereocenters. The van der Waals surface area contributed by atoms with Crippen LogP contribution in [0.3, 0.4) is 0 Å². The Kier molecular flexibility index (Phi) is 4.93. The van der Waals surface area contributed by atoms with Gasteiger partial charge in [0.25, 0.3) is 0 Å². The number of carbonyl (C=O) groups excluding carboxylic acids is 1. The fourth-order valence-electron chi connectivity index (χ4n) is 4.01. The highest BCUT2D eigenvalue weighted by Gasteiger charge is 2.22. The maximum Gasteiger partial charge on any atom is 0.217 e. The molecule has 5 rings (SSSR count). The first kappa shape index (κ1) is 18.8. The summed E-state index contributed by atoms with van der Waals surface area (Å²) in [7, 11) is 0. The fourth-order valence-corrected chi connectivity index (χ4v) is 5.86. The third-order valence-corrected chi connectivity index (χ3v) is 7.47. The van der Waals surface area contributed by atoms with Gasteiger partial charge in [0, 0.05) is 30.1 Å². The zero-order valence-electron chi connectivity index (χ0n) is 16.4. The molecule has 1 atom stereocenters. The topological polar surface area (TPSA) is 61.4 Å². The number of thiazole rings is 1. The summed E-state index contributed by atoms with van der Waals surface area (Å²) in [5.41, 5.74) is 4.02. The summed E-state index contributed by atoms with van der Waals surface area (Å²) < 4.78 is 11.2. The number of rotatable bonds is 6. The molecule has 0 aliphatic carbocycles. The van der Waals surface area contributed by atoms with Crippen LogP contribution >= 0.6 is 23.1 Å². The van der Waals surface area contributed by atoms with Crippen molar-refractivity contribution >= 4 is 44.1 Å². The first-order valence-corrected chi connectivity index (χ1v) is 11.6. The van der Waals surface area contributed by atoms with Crippen molar-refractivity contribution in [2.24, 2.45) is 0 Å². The predicted octanol–water partition coefficient (Wildman–Crippen LogP) is 4.52. The van der Waals surface area contributed by atoms with E-state index < -0.39 is 0 Å². The van der Waals surface area contributed by atoms with E-state index in [1.807, 2.05) is 29.5 Å². The van der Waals surface area contributed by atoms with Gasteiger partial charge in [-0.2, -0.15) is 0 Å². The molecule has 0 spiro atoms. The largest absolute Gasteiger partial charge is 0.376 e. The minimum atomic E-state index is 0.123. The van der Waals surface area contributed by atoms with Gasteiger partial charge in [0.2, 0.25) is 4.96 Å². The summed E-state index contributed by atoms with van der Waals surface area (Å²) >= 11 is 3.06. The quantitative estimate of drug-likeness (QED) is 0.335. The number of aromatic nitrogens is 4. The molecule has 0 bridgehead atoms. The number of benzene rings is 1. The summed E-state index contributed by atoms with van der Waals surface area (Å²) in [6.07, 6.45) is 2.47. The zero-order valence-corrected chi connectivity index (χ0v) is 18.1. The normalized spacial score (nSPS) is 17.0. The van der Waals surface area contributed by atoms with Crippen molar-refractivity contribution in [2.45, 2.75) is 44.5 Å². The lowest BCUT2D eigenvalue weighted by atomic mass is 10.2. The molecule has 0 radical (unpaired) electrons. The molecule has 4 heterocycles. The molecule has 1 saturated heterocycles. The average molecular weight is 427 g/mol. The number of ether oxygens (including phenoxy) is 1. The van der Waals surface area contributed by atoms with Gasteiger partial charge >= 0.3 is 0 Å². The first-order chi connectivity index (χ1) is 14.1. The monoisotopic (exact) mass is 426 g/mol. The molecule has 150 valence electrons. The number of ketones is 1. The highest BCUT2D eigenvalue weighted by Crippen LogP contribution is 2.30. The van der Waals surface area contributed by atoms with Crippen molar-refractivity contribution in [3.63, 3.8) is 0 Å². The number of aryl methyl sites for hydroxylation is 1. The lowest BCUT2D eigenvalue weighted by Crippen LogP contribution is -2.17. The van der Waals surface area contributed by atoms with E-state index in [9.17, 15) is 4.79 Å². The van der Waals surface area contributed by atoms with Crippen LogP contribution in [0.15, 0.2) is 35.5 Å². The van der Waals surface area contributed by atoms with E-state index in [1.165, 1.54) is 16.5 Å². The molecule has 3 aromatic heterocycles. The average Bonchev–Trinajstić information content (AvgIpc) is 3.48. The molecule has 4 aromatic rings. The van der Waals surface area contributed by atoms with Gasteiger partial charge in [0.1, 0.15) is 0 Å². The third-order valence-electron chi connectivity index (χ3n) is 5.53. The van der Waals surface area contributed by atoms with Gasteiger partial charge in [-0.1, -0.05) is 35.2 Å². The summed E-state index contributed by atoms with van der Waals surface area (Å²) in [6.45, 7) is 5.76. The van der Waals surface area contributed by atoms with Crippen LogP contribution in [0.5, 0.6) is 0 Å². The molecule has 29 heavy (non-hydrogen) atoms. The van der Waals surface area contributed by atoms with Crippen molar-refractivity contribution in [3.05, 3.63) is 47.3 Å². The Morgan fingerprint density at radius 3 is 3.00 bits per heavy atom. The SMILES string of the molecule is Cc1cc(C(=O)CSc2nnc3sc4ccccc4n23)c(C)n1C[C@H]1CCCO1.